The quantitative estimate of drug-likeness (QED) is 0.525. The molecule has 168 valence electrons. The van der Waals surface area contributed by atoms with Crippen LogP contribution in [0.4, 0.5) is 0 Å². The van der Waals surface area contributed by atoms with Crippen LogP contribution in [-0.4, -0.2) is 28.9 Å². The highest BCUT2D eigenvalue weighted by Crippen LogP contribution is 2.38. The fraction of sp³-hybridized carbons (Fsp3) is 0.321. The maximum atomic E-state index is 12.9. The zero-order valence-electron chi connectivity index (χ0n) is 19.3. The van der Waals surface area contributed by atoms with Crippen molar-refractivity contribution in [3.63, 3.8) is 0 Å². The molecule has 1 aromatic carbocycles. The summed E-state index contributed by atoms with van der Waals surface area (Å²) in [5, 5.41) is 0.690. The van der Waals surface area contributed by atoms with E-state index in [0.717, 1.165) is 50.0 Å². The number of rotatable bonds is 2. The molecule has 1 fully saturated rings. The Kier molecular flexibility index (Phi) is 6.03. The Morgan fingerprint density at radius 3 is 2.52 bits per heavy atom. The van der Waals surface area contributed by atoms with Crippen molar-refractivity contribution in [2.75, 3.05) is 13.1 Å². The van der Waals surface area contributed by atoms with Crippen LogP contribution in [0.1, 0.15) is 46.4 Å². The number of aryl methyl sites for hydroxylation is 4. The largest absolute Gasteiger partial charge is 0.342 e. The third-order valence-corrected chi connectivity index (χ3v) is 7.05. The van der Waals surface area contributed by atoms with Crippen LogP contribution in [0, 0.1) is 6.92 Å². The lowest BCUT2D eigenvalue weighted by molar-refractivity contribution is -0.671. The summed E-state index contributed by atoms with van der Waals surface area (Å²) < 4.78 is 1.98. The highest BCUT2D eigenvalue weighted by molar-refractivity contribution is 6.30. The minimum Gasteiger partial charge on any atom is -0.342 e. The first-order valence-electron chi connectivity index (χ1n) is 11.7. The molecule has 0 bridgehead atoms. The molecule has 0 unspecified atom stereocenters. The van der Waals surface area contributed by atoms with Crippen LogP contribution in [0.5, 0.6) is 0 Å². The number of amides is 1. The number of aromatic nitrogens is 2. The van der Waals surface area contributed by atoms with Gasteiger partial charge in [-0.2, -0.15) is 0 Å². The maximum Gasteiger partial charge on any atom is 0.227 e. The van der Waals surface area contributed by atoms with Gasteiger partial charge >= 0.3 is 0 Å². The van der Waals surface area contributed by atoms with Gasteiger partial charge in [-0.3, -0.25) is 9.78 Å². The van der Waals surface area contributed by atoms with Gasteiger partial charge in [0.05, 0.1) is 17.1 Å². The van der Waals surface area contributed by atoms with Crippen molar-refractivity contribution in [2.24, 2.45) is 7.05 Å². The number of hydrogen-bond acceptors (Lipinski definition) is 2. The van der Waals surface area contributed by atoms with Crippen LogP contribution in [0.15, 0.2) is 60.6 Å². The first kappa shape index (κ1) is 21.8. The molecule has 1 aliphatic carbocycles. The molecule has 0 spiro atoms. The topological polar surface area (TPSA) is 37.1 Å². The number of likely N-dealkylation sites (tertiary alicyclic amines) is 1. The van der Waals surface area contributed by atoms with Gasteiger partial charge in [-0.1, -0.05) is 40.9 Å². The van der Waals surface area contributed by atoms with Crippen molar-refractivity contribution in [3.8, 4) is 0 Å². The Hall–Kier alpha value is -2.98. The minimum atomic E-state index is 0.204. The number of nitrogens with zero attached hydrogens (tertiary/aromatic N) is 3. The molecule has 33 heavy (non-hydrogen) atoms. The summed E-state index contributed by atoms with van der Waals surface area (Å²) in [6.07, 6.45) is 9.88. The third-order valence-electron chi connectivity index (χ3n) is 6.84. The number of piperidine rings is 1. The normalized spacial score (nSPS) is 15.7. The average molecular weight is 459 g/mol. The second-order valence-corrected chi connectivity index (χ2v) is 9.67. The molecule has 1 amide bonds. The van der Waals surface area contributed by atoms with Gasteiger partial charge in [0.15, 0.2) is 12.4 Å². The molecule has 4 nitrogen and oxygen atoms in total. The molecule has 0 radical (unpaired) electrons. The Labute approximate surface area is 200 Å². The van der Waals surface area contributed by atoms with E-state index in [1.54, 1.807) is 6.20 Å². The van der Waals surface area contributed by atoms with Crippen molar-refractivity contribution >= 4 is 23.1 Å². The van der Waals surface area contributed by atoms with E-state index < -0.39 is 0 Å². The van der Waals surface area contributed by atoms with E-state index in [1.807, 2.05) is 41.0 Å². The molecule has 0 atom stereocenters. The van der Waals surface area contributed by atoms with Gasteiger partial charge in [-0.15, -0.1) is 0 Å². The van der Waals surface area contributed by atoms with Gasteiger partial charge in [0.25, 0.3) is 0 Å². The van der Waals surface area contributed by atoms with Crippen molar-refractivity contribution in [2.45, 2.75) is 39.0 Å². The fourth-order valence-corrected chi connectivity index (χ4v) is 5.22. The molecule has 1 saturated heterocycles. The number of benzene rings is 1. The summed E-state index contributed by atoms with van der Waals surface area (Å²) in [4.78, 5) is 19.8. The summed E-state index contributed by atoms with van der Waals surface area (Å²) >= 11 is 6.30. The van der Waals surface area contributed by atoms with Crippen molar-refractivity contribution in [3.05, 3.63) is 99.1 Å². The Bertz CT molecular complexity index is 1180. The number of pyridine rings is 2. The molecular weight excluding hydrogens is 430 g/mol. The van der Waals surface area contributed by atoms with Crippen LogP contribution in [0.2, 0.25) is 5.02 Å². The second-order valence-electron chi connectivity index (χ2n) is 9.23. The standard InChI is InChI=1S/C28H29ClN3O/c1-19-3-6-25-22(15-19)4-5-23-17-24(29)18-30-28(23)27(25)21-9-13-32(14-10-21)26(33)16-20-7-11-31(2)12-8-20/h3,6-8,11-12,15,17-18H,4-5,9-10,13-14,16H2,1-2H3/q+1. The lowest BCUT2D eigenvalue weighted by Crippen LogP contribution is -2.37. The Morgan fingerprint density at radius 1 is 1.03 bits per heavy atom. The second kappa shape index (κ2) is 9.11. The lowest BCUT2D eigenvalue weighted by atomic mass is 9.88. The fourth-order valence-electron chi connectivity index (χ4n) is 5.04. The van der Waals surface area contributed by atoms with E-state index in [0.29, 0.717) is 11.4 Å². The summed E-state index contributed by atoms with van der Waals surface area (Å²) in [7, 11) is 1.99. The molecule has 2 aliphatic rings. The average Bonchev–Trinajstić information content (AvgIpc) is 2.97. The van der Waals surface area contributed by atoms with Crippen molar-refractivity contribution in [1.82, 2.24) is 9.88 Å². The van der Waals surface area contributed by atoms with E-state index >= 15 is 0 Å². The third kappa shape index (κ3) is 4.58. The number of carbonyl (C=O) groups excluding carboxylic acids is 1. The molecule has 2 aromatic heterocycles. The van der Waals surface area contributed by atoms with Crippen molar-refractivity contribution in [1.29, 1.82) is 0 Å². The van der Waals surface area contributed by atoms with Crippen LogP contribution >= 0.6 is 11.6 Å². The predicted molar refractivity (Wildman–Crippen MR) is 131 cm³/mol. The monoisotopic (exact) mass is 458 g/mol. The van der Waals surface area contributed by atoms with Crippen LogP contribution in [0.25, 0.3) is 5.57 Å². The van der Waals surface area contributed by atoms with E-state index in [4.69, 9.17) is 16.6 Å². The van der Waals surface area contributed by atoms with Gasteiger partial charge < -0.3 is 4.90 Å². The van der Waals surface area contributed by atoms with Gasteiger partial charge in [0, 0.05) is 37.0 Å². The molecule has 5 heteroatoms. The molecule has 3 heterocycles. The molecule has 3 aromatic rings. The summed E-state index contributed by atoms with van der Waals surface area (Å²) in [6, 6.07) is 12.9. The first-order valence-corrected chi connectivity index (χ1v) is 12.0. The predicted octanol–water partition coefficient (Wildman–Crippen LogP) is 4.63. The van der Waals surface area contributed by atoms with E-state index in [-0.39, 0.29) is 5.91 Å². The number of hydrogen-bond donors (Lipinski definition) is 0. The SMILES string of the molecule is Cc1ccc2c(c1)CCc1cc(Cl)cnc1C2=C1CCN(C(=O)Cc2cc[n+](C)cc2)CC1. The number of fused-ring (bicyclic) bond motifs is 2. The zero-order chi connectivity index (χ0) is 22.9. The highest BCUT2D eigenvalue weighted by Gasteiger charge is 2.26. The zero-order valence-corrected chi connectivity index (χ0v) is 20.0. The van der Waals surface area contributed by atoms with E-state index in [1.165, 1.54) is 33.4 Å². The van der Waals surface area contributed by atoms with Gasteiger partial charge in [0.1, 0.15) is 7.05 Å². The Morgan fingerprint density at radius 2 is 1.76 bits per heavy atom. The number of carbonyl (C=O) groups is 1. The van der Waals surface area contributed by atoms with Crippen molar-refractivity contribution < 1.29 is 9.36 Å². The molecule has 5 rings (SSSR count). The van der Waals surface area contributed by atoms with Crippen LogP contribution in [0.3, 0.4) is 0 Å². The van der Waals surface area contributed by atoms with Gasteiger partial charge in [0.2, 0.25) is 5.91 Å². The van der Waals surface area contributed by atoms with Gasteiger partial charge in [-0.05, 0) is 60.9 Å². The number of halogens is 1. The molecule has 0 N–H and O–H groups in total. The maximum absolute atomic E-state index is 12.9. The summed E-state index contributed by atoms with van der Waals surface area (Å²) in [6.45, 7) is 3.65. The Balaban J connectivity index is 1.44. The van der Waals surface area contributed by atoms with E-state index in [2.05, 4.69) is 31.2 Å². The summed E-state index contributed by atoms with van der Waals surface area (Å²) in [5.74, 6) is 0.204. The summed E-state index contributed by atoms with van der Waals surface area (Å²) in [5.41, 5.74) is 9.95. The molecule has 0 saturated carbocycles. The smallest absolute Gasteiger partial charge is 0.227 e. The van der Waals surface area contributed by atoms with Gasteiger partial charge in [-0.25, -0.2) is 4.57 Å². The first-order chi connectivity index (χ1) is 16.0. The highest BCUT2D eigenvalue weighted by atomic mass is 35.5. The van der Waals surface area contributed by atoms with Crippen LogP contribution < -0.4 is 4.57 Å². The van der Waals surface area contributed by atoms with Crippen LogP contribution in [-0.2, 0) is 31.1 Å². The lowest BCUT2D eigenvalue weighted by Gasteiger charge is -2.30. The molecular formula is C28H29ClN3O+. The molecule has 1 aliphatic heterocycles. The van der Waals surface area contributed by atoms with E-state index in [9.17, 15) is 4.79 Å². The minimum absolute atomic E-state index is 0.204.